The number of nitrogens with one attached hydrogen (secondary N) is 2. The number of aromatic amines is 1. The average Bonchev–Trinajstić information content (AvgIpc) is 2.62. The minimum atomic E-state index is -1.45. The van der Waals surface area contributed by atoms with Crippen molar-refractivity contribution in [2.24, 2.45) is 0 Å². The number of amides is 1. The van der Waals surface area contributed by atoms with Crippen LogP contribution in [0.15, 0.2) is 28.2 Å². The summed E-state index contributed by atoms with van der Waals surface area (Å²) in [7, 11) is 2.87. The van der Waals surface area contributed by atoms with Gasteiger partial charge in [0.2, 0.25) is 0 Å². The van der Waals surface area contributed by atoms with Crippen molar-refractivity contribution >= 4 is 23.5 Å². The third-order valence-corrected chi connectivity index (χ3v) is 4.31. The second-order valence-electron chi connectivity index (χ2n) is 5.64. The molecule has 1 atom stereocenters. The molecule has 0 saturated carbocycles. The fourth-order valence-corrected chi connectivity index (χ4v) is 2.89. The van der Waals surface area contributed by atoms with Gasteiger partial charge in [0, 0.05) is 25.4 Å². The normalized spacial score (nSPS) is 11.9. The molecule has 27 heavy (non-hydrogen) atoms. The molecule has 2 aromatic rings. The second kappa shape index (κ2) is 8.93. The van der Waals surface area contributed by atoms with Gasteiger partial charge in [0.15, 0.2) is 16.8 Å². The molecule has 1 amide bonds. The lowest BCUT2D eigenvalue weighted by atomic mass is 10.2. The zero-order valence-corrected chi connectivity index (χ0v) is 15.3. The highest BCUT2D eigenvalue weighted by Crippen LogP contribution is 2.23. The van der Waals surface area contributed by atoms with Crippen LogP contribution in [0, 0.1) is 11.6 Å². The minimum Gasteiger partial charge on any atom is -0.392 e. The van der Waals surface area contributed by atoms with Gasteiger partial charge < -0.3 is 25.4 Å². The van der Waals surface area contributed by atoms with E-state index in [1.54, 1.807) is 0 Å². The molecule has 1 heterocycles. The maximum absolute atomic E-state index is 13.7. The molecule has 1 aromatic heterocycles. The molecule has 8 nitrogen and oxygen atoms in total. The lowest BCUT2D eigenvalue weighted by molar-refractivity contribution is 0.0824. The predicted octanol–water partition coefficient (Wildman–Crippen LogP) is 0.765. The van der Waals surface area contributed by atoms with Crippen LogP contribution in [-0.2, 0) is 5.75 Å². The summed E-state index contributed by atoms with van der Waals surface area (Å²) in [6.07, 6.45) is -1.45. The number of anilines is 1. The molecule has 0 fully saturated rings. The molecule has 11 heteroatoms. The van der Waals surface area contributed by atoms with E-state index in [1.807, 2.05) is 0 Å². The van der Waals surface area contributed by atoms with Crippen LogP contribution < -0.4 is 10.9 Å². The van der Waals surface area contributed by atoms with Crippen molar-refractivity contribution in [3.8, 4) is 0 Å². The first-order valence-corrected chi connectivity index (χ1v) is 8.70. The van der Waals surface area contributed by atoms with Crippen LogP contribution in [0.4, 0.5) is 14.6 Å². The minimum absolute atomic E-state index is 0.0200. The van der Waals surface area contributed by atoms with Gasteiger partial charge in [0.25, 0.3) is 11.5 Å². The van der Waals surface area contributed by atoms with Crippen LogP contribution >= 0.6 is 11.8 Å². The monoisotopic (exact) mass is 400 g/mol. The molecule has 0 spiro atoms. The molecule has 2 rings (SSSR count). The van der Waals surface area contributed by atoms with Gasteiger partial charge in [-0.3, -0.25) is 9.59 Å². The number of hydrogen-bond donors (Lipinski definition) is 4. The van der Waals surface area contributed by atoms with Crippen molar-refractivity contribution in [2.45, 2.75) is 17.1 Å². The number of benzene rings is 1. The maximum atomic E-state index is 13.7. The van der Waals surface area contributed by atoms with E-state index in [0.717, 1.165) is 22.7 Å². The van der Waals surface area contributed by atoms with Crippen molar-refractivity contribution in [3.63, 3.8) is 0 Å². The van der Waals surface area contributed by atoms with Crippen LogP contribution in [0.25, 0.3) is 0 Å². The summed E-state index contributed by atoms with van der Waals surface area (Å²) in [5.41, 5.74) is -1.06. The van der Waals surface area contributed by atoms with Gasteiger partial charge in [-0.15, -0.1) is 0 Å². The summed E-state index contributed by atoms with van der Waals surface area (Å²) in [6, 6.07) is 3.74. The molecule has 0 bridgehead atoms. The number of hydrogen-bond acceptors (Lipinski definition) is 7. The molecule has 0 aliphatic heterocycles. The lowest BCUT2D eigenvalue weighted by Crippen LogP contribution is -2.33. The maximum Gasteiger partial charge on any atom is 0.266 e. The molecular formula is C16H18F2N4O4S. The lowest BCUT2D eigenvalue weighted by Gasteiger charge is -2.17. The van der Waals surface area contributed by atoms with Gasteiger partial charge in [-0.25, -0.2) is 13.8 Å². The van der Waals surface area contributed by atoms with E-state index in [2.05, 4.69) is 15.3 Å². The topological polar surface area (TPSA) is 119 Å². The Kier molecular flexibility index (Phi) is 6.88. The van der Waals surface area contributed by atoms with E-state index in [0.29, 0.717) is 0 Å². The Hall–Kier alpha value is -2.50. The van der Waals surface area contributed by atoms with Crippen LogP contribution in [0.1, 0.15) is 15.9 Å². The highest BCUT2D eigenvalue weighted by molar-refractivity contribution is 7.98. The fraction of sp³-hybridized carbons (Fsp3) is 0.312. The first-order chi connectivity index (χ1) is 12.7. The Morgan fingerprint density at radius 2 is 2.11 bits per heavy atom. The Morgan fingerprint density at radius 3 is 2.74 bits per heavy atom. The predicted molar refractivity (Wildman–Crippen MR) is 95.5 cm³/mol. The van der Waals surface area contributed by atoms with Gasteiger partial charge in [-0.2, -0.15) is 0 Å². The van der Waals surface area contributed by atoms with Gasteiger partial charge in [0.1, 0.15) is 17.6 Å². The number of aliphatic hydroxyl groups is 2. The van der Waals surface area contributed by atoms with Gasteiger partial charge in [-0.05, 0) is 6.07 Å². The molecule has 4 N–H and O–H groups in total. The van der Waals surface area contributed by atoms with Gasteiger partial charge in [-0.1, -0.05) is 23.9 Å². The Morgan fingerprint density at radius 1 is 1.41 bits per heavy atom. The smallest absolute Gasteiger partial charge is 0.266 e. The van der Waals surface area contributed by atoms with Crippen LogP contribution in [0.3, 0.4) is 0 Å². The number of carbonyl (C=O) groups excluding carboxylic acids is 1. The molecule has 0 saturated heterocycles. The number of aliphatic hydroxyl groups excluding tert-OH is 2. The van der Waals surface area contributed by atoms with Crippen molar-refractivity contribution in [2.75, 3.05) is 26.0 Å². The first-order valence-electron chi connectivity index (χ1n) is 7.71. The van der Waals surface area contributed by atoms with E-state index < -0.39 is 35.9 Å². The van der Waals surface area contributed by atoms with E-state index in [-0.39, 0.29) is 27.9 Å². The van der Waals surface area contributed by atoms with Gasteiger partial charge in [0.05, 0.1) is 6.61 Å². The van der Waals surface area contributed by atoms with E-state index in [9.17, 15) is 23.5 Å². The summed E-state index contributed by atoms with van der Waals surface area (Å²) < 4.78 is 27.0. The highest BCUT2D eigenvalue weighted by atomic mass is 32.2. The largest absolute Gasteiger partial charge is 0.392 e. The number of nitrogens with zero attached hydrogens (tertiary/aromatic N) is 2. The summed E-state index contributed by atoms with van der Waals surface area (Å²) in [5, 5.41) is 20.9. The van der Waals surface area contributed by atoms with Gasteiger partial charge >= 0.3 is 0 Å². The average molecular weight is 400 g/mol. The Labute approximate surface area is 157 Å². The summed E-state index contributed by atoms with van der Waals surface area (Å²) in [4.78, 5) is 32.1. The number of carbonyl (C=O) groups is 1. The molecule has 146 valence electrons. The zero-order chi connectivity index (χ0) is 20.1. The Bertz CT molecular complexity index is 891. The second-order valence-corrected chi connectivity index (χ2v) is 6.60. The molecule has 0 radical (unpaired) electrons. The number of thioether (sulfide) groups is 1. The van der Waals surface area contributed by atoms with E-state index in [1.165, 1.54) is 26.2 Å². The highest BCUT2D eigenvalue weighted by Gasteiger charge is 2.22. The number of rotatable bonds is 7. The fourth-order valence-electron chi connectivity index (χ4n) is 2.06. The molecular weight excluding hydrogens is 382 g/mol. The number of H-pyrrole nitrogens is 1. The first kappa shape index (κ1) is 20.8. The molecule has 1 aromatic carbocycles. The van der Waals surface area contributed by atoms with Crippen molar-refractivity contribution in [1.82, 2.24) is 14.9 Å². The van der Waals surface area contributed by atoms with Crippen LogP contribution in [-0.4, -0.2) is 57.9 Å². The Balaban J connectivity index is 2.36. The van der Waals surface area contributed by atoms with Crippen LogP contribution in [0.5, 0.6) is 0 Å². The number of aromatic nitrogens is 2. The van der Waals surface area contributed by atoms with E-state index in [4.69, 9.17) is 5.11 Å². The standard InChI is InChI=1S/C16H18F2N4O4S/c1-22(2)15(26)11-13(19-10(24)6-23)20-16(21-14(11)25)27-7-8-4-3-5-9(17)12(8)18/h3-5,10,23-24H,6-7H2,1-2H3,(H2,19,20,21,25)/t10-/m1/s1. The summed E-state index contributed by atoms with van der Waals surface area (Å²) in [6.45, 7) is -0.680. The SMILES string of the molecule is CN(C)C(=O)c1c(N[C@H](O)CO)nc(SCc2cccc(F)c2F)[nH]c1=O. The molecule has 0 aliphatic rings. The molecule has 0 aliphatic carbocycles. The molecule has 0 unspecified atom stereocenters. The quantitative estimate of drug-likeness (QED) is 0.308. The summed E-state index contributed by atoms with van der Waals surface area (Å²) >= 11 is 0.906. The third kappa shape index (κ3) is 5.02. The number of halogens is 2. The van der Waals surface area contributed by atoms with Crippen molar-refractivity contribution in [3.05, 3.63) is 51.3 Å². The summed E-state index contributed by atoms with van der Waals surface area (Å²) in [5.74, 6) is -2.92. The van der Waals surface area contributed by atoms with Crippen LogP contribution in [0.2, 0.25) is 0 Å². The van der Waals surface area contributed by atoms with E-state index >= 15 is 0 Å². The van der Waals surface area contributed by atoms with Crippen molar-refractivity contribution < 1.29 is 23.8 Å². The zero-order valence-electron chi connectivity index (χ0n) is 14.5. The van der Waals surface area contributed by atoms with Crippen molar-refractivity contribution in [1.29, 1.82) is 0 Å². The third-order valence-electron chi connectivity index (χ3n) is 3.39.